The molecule has 0 saturated heterocycles. The fourth-order valence-corrected chi connectivity index (χ4v) is 1.45. The van der Waals surface area contributed by atoms with Crippen molar-refractivity contribution in [3.8, 4) is 11.8 Å². The zero-order chi connectivity index (χ0) is 14.1. The third-order valence-corrected chi connectivity index (χ3v) is 2.40. The number of methoxy groups -OCH3 is 2. The van der Waals surface area contributed by atoms with Gasteiger partial charge in [-0.2, -0.15) is 5.26 Å². The predicted octanol–water partition coefficient (Wildman–Crippen LogP) is 1.36. The minimum absolute atomic E-state index is 0.0283. The van der Waals surface area contributed by atoms with Gasteiger partial charge in [-0.3, -0.25) is 4.79 Å². The van der Waals surface area contributed by atoms with E-state index in [-0.39, 0.29) is 5.57 Å². The number of carbonyl (C=O) groups excluding carboxylic acids is 1. The summed E-state index contributed by atoms with van der Waals surface area (Å²) in [5.41, 5.74) is 0.712. The van der Waals surface area contributed by atoms with Gasteiger partial charge in [0.15, 0.2) is 0 Å². The maximum Gasteiger partial charge on any atom is 0.262 e. The van der Waals surface area contributed by atoms with Crippen LogP contribution < -0.4 is 10.1 Å². The van der Waals surface area contributed by atoms with E-state index in [1.165, 1.54) is 13.2 Å². The Labute approximate surface area is 112 Å². The minimum atomic E-state index is -0.426. The van der Waals surface area contributed by atoms with Crippen LogP contribution in [0.1, 0.15) is 5.56 Å². The van der Waals surface area contributed by atoms with Gasteiger partial charge in [-0.25, -0.2) is 0 Å². The Balaban J connectivity index is 2.87. The summed E-state index contributed by atoms with van der Waals surface area (Å²) in [7, 11) is 3.08. The number of amides is 1. The summed E-state index contributed by atoms with van der Waals surface area (Å²) in [6.45, 7) is 0.763. The number of nitrogens with zero attached hydrogens (tertiary/aromatic N) is 1. The number of ether oxygens (including phenoxy) is 2. The van der Waals surface area contributed by atoms with E-state index in [2.05, 4.69) is 5.32 Å². The SMILES string of the molecule is COCCNC(=O)/C(C#N)=C/c1ccccc1OC. The van der Waals surface area contributed by atoms with Gasteiger partial charge in [-0.15, -0.1) is 0 Å². The highest BCUT2D eigenvalue weighted by Gasteiger charge is 2.09. The highest BCUT2D eigenvalue weighted by Crippen LogP contribution is 2.20. The van der Waals surface area contributed by atoms with E-state index in [1.807, 2.05) is 18.2 Å². The largest absolute Gasteiger partial charge is 0.496 e. The van der Waals surface area contributed by atoms with Gasteiger partial charge in [0, 0.05) is 19.2 Å². The lowest BCUT2D eigenvalue weighted by Gasteiger charge is -2.06. The van der Waals surface area contributed by atoms with E-state index < -0.39 is 5.91 Å². The van der Waals surface area contributed by atoms with Crippen molar-refractivity contribution in [1.82, 2.24) is 5.32 Å². The molecule has 0 unspecified atom stereocenters. The molecule has 0 aliphatic carbocycles. The van der Waals surface area contributed by atoms with Crippen molar-refractivity contribution in [3.63, 3.8) is 0 Å². The molecular formula is C14H16N2O3. The maximum absolute atomic E-state index is 11.8. The Hall–Kier alpha value is -2.32. The van der Waals surface area contributed by atoms with Crippen molar-refractivity contribution in [2.45, 2.75) is 0 Å². The molecule has 1 N–H and O–H groups in total. The molecule has 0 aliphatic heterocycles. The van der Waals surface area contributed by atoms with E-state index in [9.17, 15) is 4.79 Å². The van der Waals surface area contributed by atoms with Gasteiger partial charge in [0.05, 0.1) is 13.7 Å². The molecule has 1 rings (SSSR count). The molecule has 0 atom stereocenters. The zero-order valence-corrected chi connectivity index (χ0v) is 11.0. The van der Waals surface area contributed by atoms with Gasteiger partial charge in [-0.05, 0) is 12.1 Å². The van der Waals surface area contributed by atoms with Gasteiger partial charge in [-0.1, -0.05) is 18.2 Å². The lowest BCUT2D eigenvalue weighted by atomic mass is 10.1. The van der Waals surface area contributed by atoms with E-state index in [0.717, 1.165) is 0 Å². The van der Waals surface area contributed by atoms with Crippen LogP contribution in [0.3, 0.4) is 0 Å². The predicted molar refractivity (Wildman–Crippen MR) is 71.5 cm³/mol. The van der Waals surface area contributed by atoms with Crippen molar-refractivity contribution in [2.75, 3.05) is 27.4 Å². The molecule has 19 heavy (non-hydrogen) atoms. The van der Waals surface area contributed by atoms with Crippen molar-refractivity contribution >= 4 is 12.0 Å². The number of rotatable bonds is 6. The standard InChI is InChI=1S/C14H16N2O3/c1-18-8-7-16-14(17)12(10-15)9-11-5-3-4-6-13(11)19-2/h3-6,9H,7-8H2,1-2H3,(H,16,17)/b12-9+. The number of nitrogens with one attached hydrogen (secondary N) is 1. The number of hydrogen-bond donors (Lipinski definition) is 1. The molecule has 100 valence electrons. The molecule has 0 spiro atoms. The number of hydrogen-bond acceptors (Lipinski definition) is 4. The van der Waals surface area contributed by atoms with Crippen LogP contribution in [0.2, 0.25) is 0 Å². The number of benzene rings is 1. The summed E-state index contributed by atoms with van der Waals surface area (Å²) in [6, 6.07) is 9.06. The second-order valence-electron chi connectivity index (χ2n) is 3.66. The van der Waals surface area contributed by atoms with E-state index in [1.54, 1.807) is 19.2 Å². The van der Waals surface area contributed by atoms with Crippen LogP contribution in [0.5, 0.6) is 5.75 Å². The topological polar surface area (TPSA) is 71.3 Å². The first-order chi connectivity index (χ1) is 9.22. The van der Waals surface area contributed by atoms with Gasteiger partial charge in [0.1, 0.15) is 17.4 Å². The summed E-state index contributed by atoms with van der Waals surface area (Å²) in [4.78, 5) is 11.8. The van der Waals surface area contributed by atoms with E-state index in [0.29, 0.717) is 24.5 Å². The van der Waals surface area contributed by atoms with Crippen molar-refractivity contribution < 1.29 is 14.3 Å². The van der Waals surface area contributed by atoms with Crippen LogP contribution >= 0.6 is 0 Å². The molecule has 1 amide bonds. The lowest BCUT2D eigenvalue weighted by molar-refractivity contribution is -0.117. The first kappa shape index (κ1) is 14.7. The highest BCUT2D eigenvalue weighted by molar-refractivity contribution is 6.01. The first-order valence-corrected chi connectivity index (χ1v) is 5.75. The van der Waals surface area contributed by atoms with E-state index in [4.69, 9.17) is 14.7 Å². The molecule has 0 heterocycles. The molecule has 1 aromatic carbocycles. The highest BCUT2D eigenvalue weighted by atomic mass is 16.5. The average Bonchev–Trinajstić information content (AvgIpc) is 2.45. The molecule has 0 radical (unpaired) electrons. The number of nitriles is 1. The Bertz CT molecular complexity index is 504. The van der Waals surface area contributed by atoms with Gasteiger partial charge in [0.2, 0.25) is 0 Å². The second kappa shape index (κ2) is 7.90. The smallest absolute Gasteiger partial charge is 0.262 e. The fraction of sp³-hybridized carbons (Fsp3) is 0.286. The van der Waals surface area contributed by atoms with Gasteiger partial charge >= 0.3 is 0 Å². The third kappa shape index (κ3) is 4.45. The maximum atomic E-state index is 11.8. The normalized spacial score (nSPS) is 10.7. The van der Waals surface area contributed by atoms with E-state index >= 15 is 0 Å². The van der Waals surface area contributed by atoms with Crippen molar-refractivity contribution in [3.05, 3.63) is 35.4 Å². The van der Waals surface area contributed by atoms with Crippen molar-refractivity contribution in [1.29, 1.82) is 5.26 Å². The van der Waals surface area contributed by atoms with Gasteiger partial charge < -0.3 is 14.8 Å². The summed E-state index contributed by atoms with van der Waals surface area (Å²) in [5, 5.41) is 11.6. The number of carbonyl (C=O) groups is 1. The second-order valence-corrected chi connectivity index (χ2v) is 3.66. The first-order valence-electron chi connectivity index (χ1n) is 5.75. The minimum Gasteiger partial charge on any atom is -0.496 e. The lowest BCUT2D eigenvalue weighted by Crippen LogP contribution is -2.27. The Morgan fingerprint density at radius 1 is 1.42 bits per heavy atom. The van der Waals surface area contributed by atoms with Gasteiger partial charge in [0.25, 0.3) is 5.91 Å². The van der Waals surface area contributed by atoms with Crippen LogP contribution in [0.4, 0.5) is 0 Å². The fourth-order valence-electron chi connectivity index (χ4n) is 1.45. The average molecular weight is 260 g/mol. The molecule has 0 aliphatic rings. The molecule has 5 heteroatoms. The zero-order valence-electron chi connectivity index (χ0n) is 11.0. The Kier molecular flexibility index (Phi) is 6.13. The number of para-hydroxylation sites is 1. The van der Waals surface area contributed by atoms with Crippen LogP contribution in [0.15, 0.2) is 29.8 Å². The summed E-state index contributed by atoms with van der Waals surface area (Å²) < 4.78 is 9.99. The molecule has 0 saturated carbocycles. The summed E-state index contributed by atoms with van der Waals surface area (Å²) in [5.74, 6) is 0.186. The summed E-state index contributed by atoms with van der Waals surface area (Å²) in [6.07, 6.45) is 1.50. The monoisotopic (exact) mass is 260 g/mol. The van der Waals surface area contributed by atoms with Crippen LogP contribution in [0.25, 0.3) is 6.08 Å². The van der Waals surface area contributed by atoms with Crippen LogP contribution in [-0.2, 0) is 9.53 Å². The Morgan fingerprint density at radius 3 is 2.79 bits per heavy atom. The van der Waals surface area contributed by atoms with Crippen LogP contribution in [0, 0.1) is 11.3 Å². The molecule has 5 nitrogen and oxygen atoms in total. The quantitative estimate of drug-likeness (QED) is 0.476. The molecule has 1 aromatic rings. The molecule has 0 bridgehead atoms. The van der Waals surface area contributed by atoms with Crippen LogP contribution in [-0.4, -0.2) is 33.3 Å². The summed E-state index contributed by atoms with van der Waals surface area (Å²) >= 11 is 0. The van der Waals surface area contributed by atoms with Crippen molar-refractivity contribution in [2.24, 2.45) is 0 Å². The molecule has 0 fully saturated rings. The molecular weight excluding hydrogens is 244 g/mol. The molecule has 0 aromatic heterocycles. The third-order valence-electron chi connectivity index (χ3n) is 2.40. The Morgan fingerprint density at radius 2 is 2.16 bits per heavy atom.